The van der Waals surface area contributed by atoms with E-state index in [4.69, 9.17) is 9.26 Å². The van der Waals surface area contributed by atoms with Crippen molar-refractivity contribution in [2.24, 2.45) is 0 Å². The van der Waals surface area contributed by atoms with E-state index in [2.05, 4.69) is 10.5 Å². The van der Waals surface area contributed by atoms with E-state index in [0.29, 0.717) is 43.1 Å². The van der Waals surface area contributed by atoms with Crippen molar-refractivity contribution in [2.45, 2.75) is 19.0 Å². The molecule has 0 unspecified atom stereocenters. The molecule has 2 aromatic carbocycles. The largest absolute Gasteiger partial charge is 0.455 e. The molecule has 3 aromatic rings. The van der Waals surface area contributed by atoms with E-state index in [-0.39, 0.29) is 16.9 Å². The molecule has 0 bridgehead atoms. The molecule has 14 heteroatoms. The number of alkyl halides is 5. The summed E-state index contributed by atoms with van der Waals surface area (Å²) in [4.78, 5) is 26.8. The van der Waals surface area contributed by atoms with Crippen LogP contribution >= 0.6 is 0 Å². The number of benzene rings is 2. The van der Waals surface area contributed by atoms with E-state index in [1.165, 1.54) is 17.4 Å². The molecule has 39 heavy (non-hydrogen) atoms. The normalized spacial score (nSPS) is 14.3. The molecule has 0 spiro atoms. The smallest absolute Gasteiger partial charge is 0.378 e. The molecule has 2 amide bonds. The number of aryl methyl sites for hydroxylation is 1. The summed E-state index contributed by atoms with van der Waals surface area (Å²) >= 11 is 0. The van der Waals surface area contributed by atoms with Gasteiger partial charge in [-0.05, 0) is 42.8 Å². The topological polar surface area (TPSA) is 96.7 Å². The van der Waals surface area contributed by atoms with Crippen LogP contribution in [0.15, 0.2) is 47.0 Å². The van der Waals surface area contributed by atoms with Gasteiger partial charge in [0.25, 0.3) is 11.8 Å². The van der Waals surface area contributed by atoms with Crippen molar-refractivity contribution in [2.75, 3.05) is 43.1 Å². The zero-order chi connectivity index (χ0) is 28.4. The van der Waals surface area contributed by atoms with Gasteiger partial charge in [-0.2, -0.15) is 22.0 Å². The number of hydrogen-bond acceptors (Lipinski definition) is 6. The molecule has 1 fully saturated rings. The van der Waals surface area contributed by atoms with E-state index in [9.17, 15) is 35.9 Å². The van der Waals surface area contributed by atoms with Gasteiger partial charge in [-0.15, -0.1) is 0 Å². The van der Waals surface area contributed by atoms with Crippen LogP contribution < -0.4 is 15.5 Å². The number of anilines is 2. The van der Waals surface area contributed by atoms with Crippen molar-refractivity contribution >= 4 is 23.2 Å². The van der Waals surface area contributed by atoms with Crippen LogP contribution in [0.4, 0.5) is 37.7 Å². The third-order valence-electron chi connectivity index (χ3n) is 5.91. The monoisotopic (exact) mass is 556 g/mol. The van der Waals surface area contributed by atoms with E-state index in [0.717, 1.165) is 12.1 Å². The predicted molar refractivity (Wildman–Crippen MR) is 127 cm³/mol. The number of carbonyl (C=O) groups is 2. The maximum Gasteiger partial charge on any atom is 0.455 e. The Morgan fingerprint density at radius 3 is 2.41 bits per heavy atom. The highest BCUT2D eigenvalue weighted by Crippen LogP contribution is 2.35. The molecule has 2 heterocycles. The summed E-state index contributed by atoms with van der Waals surface area (Å²) in [7, 11) is 0. The van der Waals surface area contributed by atoms with Gasteiger partial charge in [0.05, 0.1) is 19.8 Å². The summed E-state index contributed by atoms with van der Waals surface area (Å²) < 4.78 is 87.6. The van der Waals surface area contributed by atoms with E-state index in [1.807, 2.05) is 4.90 Å². The van der Waals surface area contributed by atoms with Crippen LogP contribution in [-0.4, -0.2) is 61.9 Å². The maximum absolute atomic E-state index is 14.3. The third-order valence-corrected chi connectivity index (χ3v) is 5.91. The molecule has 208 valence electrons. The number of hydrogen-bond donors (Lipinski definition) is 2. The number of morpholine rings is 1. The summed E-state index contributed by atoms with van der Waals surface area (Å²) in [6, 6.07) is 9.74. The Morgan fingerprint density at radius 2 is 1.72 bits per heavy atom. The Labute approximate surface area is 217 Å². The molecule has 4 rings (SSSR count). The first-order valence-corrected chi connectivity index (χ1v) is 11.6. The molecule has 0 radical (unpaired) electrons. The summed E-state index contributed by atoms with van der Waals surface area (Å²) in [5.74, 6) is -8.21. The molecule has 2 N–H and O–H groups in total. The van der Waals surface area contributed by atoms with Gasteiger partial charge in [-0.3, -0.25) is 9.59 Å². The Bertz CT molecular complexity index is 1370. The quantitative estimate of drug-likeness (QED) is 0.406. The third kappa shape index (κ3) is 6.50. The van der Waals surface area contributed by atoms with Crippen LogP contribution in [0.25, 0.3) is 11.3 Å². The fraction of sp³-hybridized carbons (Fsp3) is 0.320. The first kappa shape index (κ1) is 28.0. The molecule has 0 aliphatic carbocycles. The van der Waals surface area contributed by atoms with Crippen molar-refractivity contribution in [3.8, 4) is 11.3 Å². The number of nitrogens with one attached hydrogen (secondary N) is 2. The van der Waals surface area contributed by atoms with E-state index in [1.54, 1.807) is 25.1 Å². The molecule has 8 nitrogen and oxygen atoms in total. The number of carbonyl (C=O) groups excluding carboxylic acids is 2. The summed E-state index contributed by atoms with van der Waals surface area (Å²) in [6.45, 7) is 1.77. The van der Waals surface area contributed by atoms with Gasteiger partial charge in [0.2, 0.25) is 5.76 Å². The lowest BCUT2D eigenvalue weighted by Crippen LogP contribution is -2.46. The lowest BCUT2D eigenvalue weighted by Gasteiger charge is -2.29. The second-order valence-corrected chi connectivity index (χ2v) is 8.74. The fourth-order valence-electron chi connectivity index (χ4n) is 3.78. The SMILES string of the molecule is Cc1ccc(NC(=O)c2cc(F)cc(N3CCOCC3)c2)cc1-c1cc(C(=O)NCC(F)(F)C(F)(F)F)on1. The number of ether oxygens (including phenoxy) is 1. The summed E-state index contributed by atoms with van der Waals surface area (Å²) in [5, 5.41) is 7.82. The average molecular weight is 556 g/mol. The lowest BCUT2D eigenvalue weighted by atomic mass is 10.0. The number of halogens is 6. The van der Waals surface area contributed by atoms with Crippen LogP contribution in [-0.2, 0) is 4.74 Å². The molecule has 0 atom stereocenters. The predicted octanol–water partition coefficient (Wildman–Crippen LogP) is 4.81. The molecule has 1 aliphatic heterocycles. The van der Waals surface area contributed by atoms with Gasteiger partial charge >= 0.3 is 12.1 Å². The van der Waals surface area contributed by atoms with Gasteiger partial charge in [-0.1, -0.05) is 11.2 Å². The number of rotatable bonds is 7. The lowest BCUT2D eigenvalue weighted by molar-refractivity contribution is -0.278. The van der Waals surface area contributed by atoms with Crippen LogP contribution in [0.1, 0.15) is 26.5 Å². The first-order chi connectivity index (χ1) is 18.3. The zero-order valence-electron chi connectivity index (χ0n) is 20.4. The average Bonchev–Trinajstić information content (AvgIpc) is 3.38. The zero-order valence-corrected chi connectivity index (χ0v) is 20.4. The van der Waals surface area contributed by atoms with Crippen LogP contribution in [0, 0.1) is 12.7 Å². The Hall–Kier alpha value is -4.07. The molecule has 0 saturated carbocycles. The molecule has 1 aromatic heterocycles. The number of amides is 2. The van der Waals surface area contributed by atoms with Gasteiger partial charge in [0, 0.05) is 41.7 Å². The van der Waals surface area contributed by atoms with Crippen LogP contribution in [0.3, 0.4) is 0 Å². The van der Waals surface area contributed by atoms with Gasteiger partial charge in [-0.25, -0.2) is 4.39 Å². The highest BCUT2D eigenvalue weighted by atomic mass is 19.4. The van der Waals surface area contributed by atoms with Crippen molar-refractivity contribution < 1.29 is 45.2 Å². The second-order valence-electron chi connectivity index (χ2n) is 8.74. The molecular formula is C25H22F6N4O4. The van der Waals surface area contributed by atoms with Crippen molar-refractivity contribution in [1.29, 1.82) is 0 Å². The Balaban J connectivity index is 1.48. The van der Waals surface area contributed by atoms with Crippen LogP contribution in [0.2, 0.25) is 0 Å². The Morgan fingerprint density at radius 1 is 1.00 bits per heavy atom. The number of aromatic nitrogens is 1. The van der Waals surface area contributed by atoms with Gasteiger partial charge in [0.1, 0.15) is 11.5 Å². The number of nitrogens with zero attached hydrogens (tertiary/aromatic N) is 2. The summed E-state index contributed by atoms with van der Waals surface area (Å²) in [6.07, 6.45) is -5.83. The maximum atomic E-state index is 14.3. The van der Waals surface area contributed by atoms with E-state index >= 15 is 0 Å². The van der Waals surface area contributed by atoms with Crippen LogP contribution in [0.5, 0.6) is 0 Å². The van der Waals surface area contributed by atoms with Gasteiger partial charge in [0.15, 0.2) is 0 Å². The second kappa shape index (κ2) is 11.0. The minimum atomic E-state index is -5.83. The van der Waals surface area contributed by atoms with Crippen molar-refractivity contribution in [3.63, 3.8) is 0 Å². The first-order valence-electron chi connectivity index (χ1n) is 11.6. The molecular weight excluding hydrogens is 534 g/mol. The van der Waals surface area contributed by atoms with E-state index < -0.39 is 42.0 Å². The Kier molecular flexibility index (Phi) is 7.86. The van der Waals surface area contributed by atoms with Crippen molar-refractivity contribution in [1.82, 2.24) is 10.5 Å². The van der Waals surface area contributed by atoms with Crippen molar-refractivity contribution in [3.05, 3.63) is 65.2 Å². The summed E-state index contributed by atoms with van der Waals surface area (Å²) in [5.41, 5.74) is 1.97. The van der Waals surface area contributed by atoms with Gasteiger partial charge < -0.3 is 24.8 Å². The fourth-order valence-corrected chi connectivity index (χ4v) is 3.78. The molecule has 1 saturated heterocycles. The highest BCUT2D eigenvalue weighted by Gasteiger charge is 2.57. The minimum Gasteiger partial charge on any atom is -0.378 e. The minimum absolute atomic E-state index is 0.0664. The standard InChI is InChI=1S/C25H22F6N4O4/c1-14-2-3-17(33-22(36)15-8-16(26)10-18(9-15)35-4-6-38-7-5-35)11-19(14)20-12-21(39-34-20)23(37)32-13-24(27,28)25(29,30)31/h2-3,8-12H,4-7,13H2,1H3,(H,32,37)(H,33,36). The molecule has 1 aliphatic rings. The highest BCUT2D eigenvalue weighted by molar-refractivity contribution is 6.05.